The summed E-state index contributed by atoms with van der Waals surface area (Å²) in [6.07, 6.45) is 23.2. The van der Waals surface area contributed by atoms with E-state index in [4.69, 9.17) is 5.11 Å². The third-order valence-corrected chi connectivity index (χ3v) is 3.67. The Labute approximate surface area is 147 Å². The summed E-state index contributed by atoms with van der Waals surface area (Å²) in [6, 6.07) is 0. The number of aliphatic hydroxyl groups excluding tert-OH is 1. The Kier molecular flexibility index (Phi) is 38.7. The smallest absolute Gasteiger partial charge is 0.0431 e. The lowest BCUT2D eigenvalue weighted by molar-refractivity contribution is 0.282. The molecule has 0 radical (unpaired) electrons. The number of hydrogen-bond donors (Lipinski definition) is 1. The maximum Gasteiger partial charge on any atom is 0.0431 e. The van der Waals surface area contributed by atoms with Crippen molar-refractivity contribution in [1.82, 2.24) is 0 Å². The second-order valence-corrected chi connectivity index (χ2v) is 5.66. The van der Waals surface area contributed by atoms with Crippen molar-refractivity contribution in [2.75, 3.05) is 6.61 Å². The fourth-order valence-electron chi connectivity index (χ4n) is 2.36. The van der Waals surface area contributed by atoms with Crippen molar-refractivity contribution in [2.24, 2.45) is 0 Å². The number of hydrogen-bond acceptors (Lipinski definition) is 1. The van der Waals surface area contributed by atoms with Gasteiger partial charge in [-0.15, -0.1) is 26.3 Å². The highest BCUT2D eigenvalue weighted by atomic mass is 16.2. The summed E-state index contributed by atoms with van der Waals surface area (Å²) >= 11 is 0. The van der Waals surface area contributed by atoms with Crippen molar-refractivity contribution in [3.63, 3.8) is 0 Å². The number of rotatable bonds is 15. The summed E-state index contributed by atoms with van der Waals surface area (Å²) in [5.41, 5.74) is 0. The van der Waals surface area contributed by atoms with E-state index < -0.39 is 0 Å². The van der Waals surface area contributed by atoms with Gasteiger partial charge in [0, 0.05) is 6.61 Å². The minimum Gasteiger partial charge on any atom is -0.396 e. The molecule has 0 spiro atoms. The van der Waals surface area contributed by atoms with E-state index in [1.165, 1.54) is 83.5 Å². The average molecular weight is 325 g/mol. The molecule has 0 unspecified atom stereocenters. The first-order valence-corrected chi connectivity index (χ1v) is 9.67. The van der Waals surface area contributed by atoms with Crippen LogP contribution in [-0.4, -0.2) is 11.7 Å². The SMILES string of the molecule is C=C.C=C.CCCCCCCC/C=C\CCCCCCCCO. The Morgan fingerprint density at radius 3 is 1.30 bits per heavy atom. The zero-order valence-electron chi connectivity index (χ0n) is 16.0. The maximum atomic E-state index is 8.66. The summed E-state index contributed by atoms with van der Waals surface area (Å²) < 4.78 is 0. The van der Waals surface area contributed by atoms with Crippen molar-refractivity contribution >= 4 is 0 Å². The molecular weight excluding hydrogens is 280 g/mol. The van der Waals surface area contributed by atoms with Gasteiger partial charge in [-0.3, -0.25) is 0 Å². The van der Waals surface area contributed by atoms with Gasteiger partial charge in [0.2, 0.25) is 0 Å². The molecule has 1 heteroatoms. The van der Waals surface area contributed by atoms with Gasteiger partial charge < -0.3 is 5.11 Å². The molecule has 0 aliphatic carbocycles. The molecule has 0 heterocycles. The topological polar surface area (TPSA) is 20.2 Å². The molecule has 0 aliphatic heterocycles. The fourth-order valence-corrected chi connectivity index (χ4v) is 2.36. The van der Waals surface area contributed by atoms with Gasteiger partial charge in [-0.05, 0) is 32.1 Å². The first-order chi connectivity index (χ1) is 11.4. The molecule has 0 saturated heterocycles. The zero-order valence-corrected chi connectivity index (χ0v) is 16.0. The van der Waals surface area contributed by atoms with Gasteiger partial charge in [0.25, 0.3) is 0 Å². The van der Waals surface area contributed by atoms with Crippen LogP contribution in [0.2, 0.25) is 0 Å². The van der Waals surface area contributed by atoms with Crippen molar-refractivity contribution in [1.29, 1.82) is 0 Å². The zero-order chi connectivity index (χ0) is 18.0. The van der Waals surface area contributed by atoms with Crippen molar-refractivity contribution < 1.29 is 5.11 Å². The summed E-state index contributed by atoms with van der Waals surface area (Å²) in [7, 11) is 0. The standard InChI is InChI=1S/C18H36O.2C2H4/c1-2-3-4-5-6-7-8-9-10-11-12-13-14-15-16-17-18-19;2*1-2/h9-10,19H,2-8,11-18H2,1H3;2*1-2H2/b10-9-;;. The van der Waals surface area contributed by atoms with Gasteiger partial charge >= 0.3 is 0 Å². The van der Waals surface area contributed by atoms with Gasteiger partial charge in [-0.25, -0.2) is 0 Å². The molecule has 138 valence electrons. The molecule has 23 heavy (non-hydrogen) atoms. The van der Waals surface area contributed by atoms with E-state index in [1.807, 2.05) is 0 Å². The highest BCUT2D eigenvalue weighted by Gasteiger charge is 1.90. The van der Waals surface area contributed by atoms with Gasteiger partial charge in [-0.2, -0.15) is 0 Å². The summed E-state index contributed by atoms with van der Waals surface area (Å²) in [5.74, 6) is 0. The van der Waals surface area contributed by atoms with Gasteiger partial charge in [-0.1, -0.05) is 76.9 Å². The molecule has 0 rings (SSSR count). The molecule has 0 saturated carbocycles. The molecule has 0 fully saturated rings. The van der Waals surface area contributed by atoms with Crippen LogP contribution in [0.5, 0.6) is 0 Å². The van der Waals surface area contributed by atoms with E-state index in [1.54, 1.807) is 0 Å². The summed E-state index contributed by atoms with van der Waals surface area (Å²) in [6.45, 7) is 14.6. The second-order valence-electron chi connectivity index (χ2n) is 5.66. The average Bonchev–Trinajstić information content (AvgIpc) is 2.62. The van der Waals surface area contributed by atoms with E-state index in [-0.39, 0.29) is 0 Å². The Balaban J connectivity index is -0.000000919. The molecule has 0 aromatic rings. The molecule has 1 N–H and O–H groups in total. The van der Waals surface area contributed by atoms with Crippen LogP contribution in [-0.2, 0) is 0 Å². The van der Waals surface area contributed by atoms with E-state index in [2.05, 4.69) is 45.4 Å². The third-order valence-electron chi connectivity index (χ3n) is 3.67. The Hall–Kier alpha value is -0.820. The number of aliphatic hydroxyl groups is 1. The van der Waals surface area contributed by atoms with Crippen molar-refractivity contribution in [3.05, 3.63) is 38.5 Å². The first-order valence-electron chi connectivity index (χ1n) is 9.67. The molecule has 0 amide bonds. The van der Waals surface area contributed by atoms with Crippen LogP contribution in [0, 0.1) is 0 Å². The molecule has 0 aromatic heterocycles. The monoisotopic (exact) mass is 324 g/mol. The second kappa shape index (κ2) is 32.9. The normalized spacial score (nSPS) is 9.83. The van der Waals surface area contributed by atoms with Crippen LogP contribution < -0.4 is 0 Å². The summed E-state index contributed by atoms with van der Waals surface area (Å²) in [5, 5.41) is 8.66. The van der Waals surface area contributed by atoms with Gasteiger partial charge in [0.15, 0.2) is 0 Å². The Morgan fingerprint density at radius 1 is 0.565 bits per heavy atom. The highest BCUT2D eigenvalue weighted by Crippen LogP contribution is 2.09. The van der Waals surface area contributed by atoms with Crippen LogP contribution in [0.15, 0.2) is 38.5 Å². The molecular formula is C22H44O. The quantitative estimate of drug-likeness (QED) is 0.242. The molecule has 1 nitrogen and oxygen atoms in total. The van der Waals surface area contributed by atoms with Crippen LogP contribution in [0.4, 0.5) is 0 Å². The predicted molar refractivity (Wildman–Crippen MR) is 109 cm³/mol. The fraction of sp³-hybridized carbons (Fsp3) is 0.727. The Bertz CT molecular complexity index is 196. The maximum absolute atomic E-state index is 8.66. The molecule has 0 atom stereocenters. The van der Waals surface area contributed by atoms with Gasteiger partial charge in [0.05, 0.1) is 0 Å². The predicted octanol–water partition coefficient (Wildman–Crippen LogP) is 7.62. The minimum atomic E-state index is 0.362. The summed E-state index contributed by atoms with van der Waals surface area (Å²) in [4.78, 5) is 0. The first kappa shape index (κ1) is 27.0. The van der Waals surface area contributed by atoms with Crippen molar-refractivity contribution in [2.45, 2.75) is 96.8 Å². The lowest BCUT2D eigenvalue weighted by Gasteiger charge is -1.99. The highest BCUT2D eigenvalue weighted by molar-refractivity contribution is 4.81. The minimum absolute atomic E-state index is 0.362. The van der Waals surface area contributed by atoms with Gasteiger partial charge in [0.1, 0.15) is 0 Å². The molecule has 0 bridgehead atoms. The Morgan fingerprint density at radius 2 is 0.913 bits per heavy atom. The van der Waals surface area contributed by atoms with Crippen LogP contribution in [0.3, 0.4) is 0 Å². The van der Waals surface area contributed by atoms with Crippen LogP contribution >= 0.6 is 0 Å². The van der Waals surface area contributed by atoms with Crippen molar-refractivity contribution in [3.8, 4) is 0 Å². The number of unbranched alkanes of at least 4 members (excludes halogenated alkanes) is 12. The molecule has 0 aromatic carbocycles. The lowest BCUT2D eigenvalue weighted by atomic mass is 10.1. The lowest BCUT2D eigenvalue weighted by Crippen LogP contribution is -1.83. The number of allylic oxidation sites excluding steroid dienone is 2. The largest absolute Gasteiger partial charge is 0.396 e. The van der Waals surface area contributed by atoms with E-state index in [0.29, 0.717) is 6.61 Å². The van der Waals surface area contributed by atoms with E-state index in [0.717, 1.165) is 6.42 Å². The third kappa shape index (κ3) is 33.8. The van der Waals surface area contributed by atoms with E-state index >= 15 is 0 Å². The van der Waals surface area contributed by atoms with E-state index in [9.17, 15) is 0 Å². The van der Waals surface area contributed by atoms with Crippen LogP contribution in [0.1, 0.15) is 96.8 Å². The molecule has 0 aliphatic rings. The van der Waals surface area contributed by atoms with Crippen LogP contribution in [0.25, 0.3) is 0 Å².